The van der Waals surface area contributed by atoms with Gasteiger partial charge in [0.25, 0.3) is 0 Å². The molecule has 0 aromatic carbocycles. The van der Waals surface area contributed by atoms with Crippen LogP contribution in [-0.4, -0.2) is 23.7 Å². The molecule has 1 rings (SSSR count). The number of nitrogens with one attached hydrogen (secondary N) is 1. The molecular weight excluding hydrogens is 238 g/mol. The lowest BCUT2D eigenvalue weighted by molar-refractivity contribution is -0.149. The molecule has 1 fully saturated rings. The van der Waals surface area contributed by atoms with Gasteiger partial charge in [0.05, 0.1) is 5.41 Å². The van der Waals surface area contributed by atoms with E-state index in [-0.39, 0.29) is 0 Å². The van der Waals surface area contributed by atoms with Gasteiger partial charge in [-0.15, -0.1) is 0 Å². The highest BCUT2D eigenvalue weighted by Crippen LogP contribution is 2.39. The Bertz CT molecular complexity index is 308. The summed E-state index contributed by atoms with van der Waals surface area (Å²) in [6, 6.07) is 0.477. The Kier molecular flexibility index (Phi) is 5.43. The SMILES string of the molecule is CCC(CC)(CNC1CCC(C)(C)CC1C)C(=O)O. The molecule has 0 saturated heterocycles. The largest absolute Gasteiger partial charge is 0.481 e. The van der Waals surface area contributed by atoms with Gasteiger partial charge in [-0.25, -0.2) is 0 Å². The zero-order valence-corrected chi connectivity index (χ0v) is 13.3. The molecule has 0 aliphatic heterocycles. The third-order valence-corrected chi connectivity index (χ3v) is 5.20. The Morgan fingerprint density at radius 3 is 2.37 bits per heavy atom. The van der Waals surface area contributed by atoms with Gasteiger partial charge in [-0.05, 0) is 43.4 Å². The van der Waals surface area contributed by atoms with Crippen LogP contribution >= 0.6 is 0 Å². The molecule has 0 aromatic rings. The lowest BCUT2D eigenvalue weighted by Crippen LogP contribution is -2.48. The van der Waals surface area contributed by atoms with Crippen molar-refractivity contribution in [2.45, 2.75) is 72.8 Å². The van der Waals surface area contributed by atoms with Gasteiger partial charge in [-0.2, -0.15) is 0 Å². The Labute approximate surface area is 118 Å². The molecule has 0 spiro atoms. The fourth-order valence-corrected chi connectivity index (χ4v) is 3.45. The van der Waals surface area contributed by atoms with Gasteiger partial charge in [-0.1, -0.05) is 34.6 Å². The first-order valence-corrected chi connectivity index (χ1v) is 7.73. The normalized spacial score (nSPS) is 27.2. The predicted octanol–water partition coefficient (Wildman–Crippen LogP) is 3.68. The molecular formula is C16H31NO2. The van der Waals surface area contributed by atoms with Crippen molar-refractivity contribution >= 4 is 5.97 Å². The quantitative estimate of drug-likeness (QED) is 0.773. The second kappa shape index (κ2) is 6.25. The standard InChI is InChI=1S/C16H31NO2/c1-6-16(7-2,14(18)19)11-17-13-8-9-15(4,5)10-12(13)3/h12-13,17H,6-11H2,1-5H3,(H,18,19). The molecule has 19 heavy (non-hydrogen) atoms. The first kappa shape index (κ1) is 16.5. The van der Waals surface area contributed by atoms with Crippen LogP contribution in [0.5, 0.6) is 0 Å². The molecule has 3 heteroatoms. The summed E-state index contributed by atoms with van der Waals surface area (Å²) in [4.78, 5) is 11.5. The van der Waals surface area contributed by atoms with Gasteiger partial charge >= 0.3 is 5.97 Å². The van der Waals surface area contributed by atoms with Crippen molar-refractivity contribution in [1.82, 2.24) is 5.32 Å². The second-order valence-corrected chi connectivity index (χ2v) is 7.16. The van der Waals surface area contributed by atoms with E-state index in [4.69, 9.17) is 0 Å². The smallest absolute Gasteiger partial charge is 0.310 e. The summed E-state index contributed by atoms with van der Waals surface area (Å²) in [5.41, 5.74) is -0.149. The third kappa shape index (κ3) is 3.95. The fourth-order valence-electron chi connectivity index (χ4n) is 3.45. The first-order valence-electron chi connectivity index (χ1n) is 7.73. The molecule has 2 unspecified atom stereocenters. The molecule has 1 aliphatic carbocycles. The van der Waals surface area contributed by atoms with Crippen molar-refractivity contribution in [2.75, 3.05) is 6.54 Å². The van der Waals surface area contributed by atoms with Crippen LogP contribution in [0.15, 0.2) is 0 Å². The van der Waals surface area contributed by atoms with Gasteiger partial charge in [0, 0.05) is 12.6 Å². The maximum absolute atomic E-state index is 11.5. The number of carboxylic acid groups (broad SMARTS) is 1. The Hall–Kier alpha value is -0.570. The van der Waals surface area contributed by atoms with Gasteiger partial charge in [0.2, 0.25) is 0 Å². The first-order chi connectivity index (χ1) is 8.76. The van der Waals surface area contributed by atoms with E-state index in [2.05, 4.69) is 26.1 Å². The van der Waals surface area contributed by atoms with E-state index >= 15 is 0 Å². The van der Waals surface area contributed by atoms with Crippen LogP contribution in [0.4, 0.5) is 0 Å². The molecule has 0 aromatic heterocycles. The number of hydrogen-bond donors (Lipinski definition) is 2. The van der Waals surface area contributed by atoms with E-state index in [1.54, 1.807) is 0 Å². The van der Waals surface area contributed by atoms with E-state index in [0.29, 0.717) is 36.8 Å². The zero-order valence-electron chi connectivity index (χ0n) is 13.3. The molecule has 112 valence electrons. The highest BCUT2D eigenvalue weighted by molar-refractivity contribution is 5.74. The molecule has 2 atom stereocenters. The zero-order chi connectivity index (χ0) is 14.7. The maximum atomic E-state index is 11.5. The Morgan fingerprint density at radius 2 is 1.95 bits per heavy atom. The summed E-state index contributed by atoms with van der Waals surface area (Å²) in [5, 5.41) is 13.0. The van der Waals surface area contributed by atoms with Crippen molar-refractivity contribution in [3.8, 4) is 0 Å². The fraction of sp³-hybridized carbons (Fsp3) is 0.938. The molecule has 2 N–H and O–H groups in total. The third-order valence-electron chi connectivity index (χ3n) is 5.20. The molecule has 1 aliphatic rings. The average Bonchev–Trinajstić information content (AvgIpc) is 2.32. The van der Waals surface area contributed by atoms with Crippen LogP contribution in [0.3, 0.4) is 0 Å². The summed E-state index contributed by atoms with van der Waals surface area (Å²) in [6.45, 7) is 11.5. The van der Waals surface area contributed by atoms with E-state index < -0.39 is 11.4 Å². The van der Waals surface area contributed by atoms with E-state index in [1.165, 1.54) is 12.8 Å². The van der Waals surface area contributed by atoms with Crippen LogP contribution in [0.2, 0.25) is 0 Å². The molecule has 3 nitrogen and oxygen atoms in total. The minimum Gasteiger partial charge on any atom is -0.481 e. The molecule has 0 bridgehead atoms. The average molecular weight is 269 g/mol. The summed E-state index contributed by atoms with van der Waals surface area (Å²) < 4.78 is 0. The Balaban J connectivity index is 2.59. The lowest BCUT2D eigenvalue weighted by Gasteiger charge is -2.41. The highest BCUT2D eigenvalue weighted by Gasteiger charge is 2.37. The second-order valence-electron chi connectivity index (χ2n) is 7.16. The van der Waals surface area contributed by atoms with Gasteiger partial charge in [0.15, 0.2) is 0 Å². The van der Waals surface area contributed by atoms with E-state index in [9.17, 15) is 9.90 Å². The summed E-state index contributed by atoms with van der Waals surface area (Å²) in [5.74, 6) is -0.0299. The molecule has 0 radical (unpaired) electrons. The van der Waals surface area contributed by atoms with Crippen molar-refractivity contribution in [3.63, 3.8) is 0 Å². The Morgan fingerprint density at radius 1 is 1.37 bits per heavy atom. The highest BCUT2D eigenvalue weighted by atomic mass is 16.4. The lowest BCUT2D eigenvalue weighted by atomic mass is 9.70. The number of carbonyl (C=O) groups is 1. The summed E-state index contributed by atoms with van der Waals surface area (Å²) in [7, 11) is 0. The van der Waals surface area contributed by atoms with Crippen molar-refractivity contribution in [1.29, 1.82) is 0 Å². The van der Waals surface area contributed by atoms with Crippen LogP contribution in [0, 0.1) is 16.7 Å². The molecule has 0 amide bonds. The van der Waals surface area contributed by atoms with Crippen LogP contribution in [0.25, 0.3) is 0 Å². The van der Waals surface area contributed by atoms with Gasteiger partial charge in [-0.3, -0.25) is 4.79 Å². The number of rotatable bonds is 6. The van der Waals surface area contributed by atoms with Crippen LogP contribution in [0.1, 0.15) is 66.7 Å². The number of aliphatic carboxylic acids is 1. The van der Waals surface area contributed by atoms with Crippen LogP contribution in [-0.2, 0) is 4.79 Å². The predicted molar refractivity (Wildman–Crippen MR) is 79.2 cm³/mol. The molecule has 0 heterocycles. The van der Waals surface area contributed by atoms with Crippen LogP contribution < -0.4 is 5.32 Å². The van der Waals surface area contributed by atoms with E-state index in [0.717, 1.165) is 6.42 Å². The van der Waals surface area contributed by atoms with Crippen molar-refractivity contribution < 1.29 is 9.90 Å². The number of hydrogen-bond acceptors (Lipinski definition) is 2. The molecule has 1 saturated carbocycles. The monoisotopic (exact) mass is 269 g/mol. The minimum absolute atomic E-state index is 0.441. The minimum atomic E-state index is -0.659. The van der Waals surface area contributed by atoms with Crippen molar-refractivity contribution in [3.05, 3.63) is 0 Å². The topological polar surface area (TPSA) is 49.3 Å². The maximum Gasteiger partial charge on any atom is 0.310 e. The van der Waals surface area contributed by atoms with Gasteiger partial charge in [0.1, 0.15) is 0 Å². The summed E-state index contributed by atoms with van der Waals surface area (Å²) in [6.07, 6.45) is 5.00. The van der Waals surface area contributed by atoms with E-state index in [1.807, 2.05) is 13.8 Å². The van der Waals surface area contributed by atoms with Gasteiger partial charge < -0.3 is 10.4 Å². The van der Waals surface area contributed by atoms with Crippen molar-refractivity contribution in [2.24, 2.45) is 16.7 Å². The summed E-state index contributed by atoms with van der Waals surface area (Å²) >= 11 is 0. The number of carboxylic acids is 1.